The molecule has 5 N–H and O–H groups in total. The molecule has 0 amide bonds. The minimum Gasteiger partial charge on any atom is -0.399 e. The lowest BCUT2D eigenvalue weighted by molar-refractivity contribution is 1.03. The highest BCUT2D eigenvalue weighted by molar-refractivity contribution is 5.90. The molecule has 0 spiro atoms. The lowest BCUT2D eigenvalue weighted by atomic mass is 9.94. The van der Waals surface area contributed by atoms with Crippen molar-refractivity contribution < 1.29 is 0 Å². The molecule has 0 radical (unpaired) electrons. The maximum Gasteiger partial charge on any atom is 0.0974 e. The van der Waals surface area contributed by atoms with Crippen LogP contribution in [0.1, 0.15) is 12.0 Å². The van der Waals surface area contributed by atoms with E-state index in [0.29, 0.717) is 0 Å². The summed E-state index contributed by atoms with van der Waals surface area (Å²) in [6, 6.07) is 41.7. The summed E-state index contributed by atoms with van der Waals surface area (Å²) in [5, 5.41) is 10.1. The minimum absolute atomic E-state index is 0.718. The van der Waals surface area contributed by atoms with E-state index in [1.165, 1.54) is 5.57 Å². The Balaban J connectivity index is 1.52. The van der Waals surface area contributed by atoms with Crippen LogP contribution in [0.5, 0.6) is 0 Å². The summed E-state index contributed by atoms with van der Waals surface area (Å²) in [7, 11) is 5.85. The number of hydrogen-bond donors (Lipinski definition) is 4. The number of allylic oxidation sites excluding steroid dienone is 5. The summed E-state index contributed by atoms with van der Waals surface area (Å²) in [6.07, 6.45) is 9.42. The number of rotatable bonds is 9. The monoisotopic (exact) mass is 652 g/mol. The van der Waals surface area contributed by atoms with E-state index in [2.05, 4.69) is 119 Å². The number of nitrogens with zero attached hydrogens (tertiary/aromatic N) is 2. The van der Waals surface area contributed by atoms with Crippen molar-refractivity contribution in [3.8, 4) is 56.2 Å². The molecule has 1 aromatic heterocycles. The molecule has 1 aliphatic carbocycles. The number of likely N-dealkylation sites (N-methyl/N-ethyl adjacent to an activating group) is 1. The van der Waals surface area contributed by atoms with Crippen molar-refractivity contribution in [2.45, 2.75) is 6.42 Å². The van der Waals surface area contributed by atoms with E-state index in [1.54, 1.807) is 0 Å². The van der Waals surface area contributed by atoms with Gasteiger partial charge in [-0.15, -0.1) is 0 Å². The smallest absolute Gasteiger partial charge is 0.0974 e. The number of nitrogens with one attached hydrogen (secondary N) is 3. The molecular formula is C44H40N6. The van der Waals surface area contributed by atoms with Crippen LogP contribution in [0.4, 0.5) is 17.1 Å². The van der Waals surface area contributed by atoms with Gasteiger partial charge in [0, 0.05) is 66.2 Å². The first-order chi connectivity index (χ1) is 24.5. The molecule has 6 aromatic rings. The molecule has 7 rings (SSSR count). The van der Waals surface area contributed by atoms with Gasteiger partial charge in [0.15, 0.2) is 0 Å². The lowest BCUT2D eigenvalue weighted by Gasteiger charge is -2.19. The predicted octanol–water partition coefficient (Wildman–Crippen LogP) is 9.92. The van der Waals surface area contributed by atoms with E-state index in [1.807, 2.05) is 63.6 Å². The Hall–Kier alpha value is -6.40. The van der Waals surface area contributed by atoms with Gasteiger partial charge in [0.2, 0.25) is 0 Å². The van der Waals surface area contributed by atoms with E-state index in [9.17, 15) is 0 Å². The average Bonchev–Trinajstić information content (AvgIpc) is 3.44. The van der Waals surface area contributed by atoms with E-state index in [0.717, 1.165) is 90.9 Å². The zero-order valence-corrected chi connectivity index (χ0v) is 28.5. The Bertz CT molecular complexity index is 2250. The van der Waals surface area contributed by atoms with E-state index in [-0.39, 0.29) is 0 Å². The third-order valence-electron chi connectivity index (χ3n) is 8.94. The van der Waals surface area contributed by atoms with Gasteiger partial charge in [-0.3, -0.25) is 0 Å². The fourth-order valence-corrected chi connectivity index (χ4v) is 6.34. The average molecular weight is 653 g/mol. The standard InChI is InChI=1S/C44H40N6/c1-46-38-20-11-10-17-32(24-38)34-22-36(28-40(26-34)48-3)44-42(30-15-8-5-9-16-30)49-41(29-13-6-4-7-14-29)43(50-44)35-21-33(25-39(27-35)47-2)31-18-12-19-37(45)23-31/h4-16,18-28,46-48H,17,45H2,1-3H3. The van der Waals surface area contributed by atoms with Crippen LogP contribution in [0, 0.1) is 0 Å². The van der Waals surface area contributed by atoms with E-state index in [4.69, 9.17) is 15.7 Å². The highest BCUT2D eigenvalue weighted by atomic mass is 14.9. The molecule has 6 nitrogen and oxygen atoms in total. The van der Waals surface area contributed by atoms with Crippen LogP contribution < -0.4 is 21.7 Å². The maximum atomic E-state index is 6.23. The topological polar surface area (TPSA) is 87.9 Å². The summed E-state index contributed by atoms with van der Waals surface area (Å²) in [5.41, 5.74) is 21.5. The number of hydrogen-bond acceptors (Lipinski definition) is 6. The first-order valence-corrected chi connectivity index (χ1v) is 16.8. The zero-order valence-electron chi connectivity index (χ0n) is 28.5. The summed E-state index contributed by atoms with van der Waals surface area (Å²) < 4.78 is 0. The molecule has 0 bridgehead atoms. The Morgan fingerprint density at radius 3 is 1.58 bits per heavy atom. The molecule has 0 fully saturated rings. The van der Waals surface area contributed by atoms with Crippen LogP contribution in [-0.4, -0.2) is 31.1 Å². The van der Waals surface area contributed by atoms with Gasteiger partial charge in [0.1, 0.15) is 0 Å². The van der Waals surface area contributed by atoms with Crippen molar-refractivity contribution in [1.82, 2.24) is 15.3 Å². The van der Waals surface area contributed by atoms with Crippen LogP contribution >= 0.6 is 0 Å². The van der Waals surface area contributed by atoms with Crippen molar-refractivity contribution in [3.05, 3.63) is 157 Å². The lowest BCUT2D eigenvalue weighted by Crippen LogP contribution is -2.04. The molecule has 1 aliphatic rings. The van der Waals surface area contributed by atoms with Crippen molar-refractivity contribution in [2.75, 3.05) is 37.5 Å². The first-order valence-electron chi connectivity index (χ1n) is 16.8. The van der Waals surface area contributed by atoms with Crippen molar-refractivity contribution in [2.24, 2.45) is 0 Å². The molecule has 50 heavy (non-hydrogen) atoms. The zero-order chi connectivity index (χ0) is 34.5. The maximum absolute atomic E-state index is 6.23. The molecule has 0 saturated carbocycles. The SMILES string of the molecule is CNC1=CC=CCC(c2cc(NC)cc(-c3nc(-c4cc(NC)cc(-c5cccc(N)c5)c4)c(-c4ccccc4)nc3-c3ccccc3)c2)=C1. The predicted molar refractivity (Wildman–Crippen MR) is 212 cm³/mol. The quantitative estimate of drug-likeness (QED) is 0.116. The molecule has 0 aliphatic heterocycles. The van der Waals surface area contributed by atoms with Gasteiger partial charge in [-0.2, -0.15) is 0 Å². The molecule has 0 atom stereocenters. The Labute approximate surface area is 294 Å². The summed E-state index contributed by atoms with van der Waals surface area (Å²) in [6.45, 7) is 0. The van der Waals surface area contributed by atoms with Crippen LogP contribution in [-0.2, 0) is 0 Å². The molecule has 1 heterocycles. The molecule has 6 heteroatoms. The Morgan fingerprint density at radius 2 is 1.02 bits per heavy atom. The van der Waals surface area contributed by atoms with Gasteiger partial charge in [0.25, 0.3) is 0 Å². The summed E-state index contributed by atoms with van der Waals surface area (Å²) >= 11 is 0. The molecular weight excluding hydrogens is 613 g/mol. The summed E-state index contributed by atoms with van der Waals surface area (Å²) in [4.78, 5) is 11.1. The van der Waals surface area contributed by atoms with Gasteiger partial charge >= 0.3 is 0 Å². The molecule has 246 valence electrons. The van der Waals surface area contributed by atoms with Crippen LogP contribution in [0.3, 0.4) is 0 Å². The Kier molecular flexibility index (Phi) is 9.25. The van der Waals surface area contributed by atoms with Crippen LogP contribution in [0.2, 0.25) is 0 Å². The second-order valence-corrected chi connectivity index (χ2v) is 12.2. The number of benzene rings is 5. The van der Waals surface area contributed by atoms with Gasteiger partial charge in [-0.25, -0.2) is 9.97 Å². The molecule has 5 aromatic carbocycles. The third-order valence-corrected chi connectivity index (χ3v) is 8.94. The minimum atomic E-state index is 0.718. The number of anilines is 3. The summed E-state index contributed by atoms with van der Waals surface area (Å²) in [5.74, 6) is 0. The number of aromatic nitrogens is 2. The van der Waals surface area contributed by atoms with Gasteiger partial charge in [-0.05, 0) is 89.4 Å². The Morgan fingerprint density at radius 1 is 0.500 bits per heavy atom. The van der Waals surface area contributed by atoms with E-state index >= 15 is 0 Å². The highest BCUT2D eigenvalue weighted by Crippen LogP contribution is 2.41. The van der Waals surface area contributed by atoms with Gasteiger partial charge < -0.3 is 21.7 Å². The van der Waals surface area contributed by atoms with Crippen molar-refractivity contribution >= 4 is 22.6 Å². The molecule has 0 saturated heterocycles. The fourth-order valence-electron chi connectivity index (χ4n) is 6.34. The number of nitrogen functional groups attached to an aromatic ring is 1. The highest BCUT2D eigenvalue weighted by Gasteiger charge is 2.21. The first kappa shape index (κ1) is 32.2. The fraction of sp³-hybridized carbons (Fsp3) is 0.0909. The molecule has 0 unspecified atom stereocenters. The largest absolute Gasteiger partial charge is 0.399 e. The third kappa shape index (κ3) is 6.78. The van der Waals surface area contributed by atoms with Crippen LogP contribution in [0.25, 0.3) is 61.7 Å². The van der Waals surface area contributed by atoms with Gasteiger partial charge in [-0.1, -0.05) is 84.9 Å². The normalized spacial score (nSPS) is 12.5. The van der Waals surface area contributed by atoms with Crippen molar-refractivity contribution in [3.63, 3.8) is 0 Å². The van der Waals surface area contributed by atoms with E-state index < -0.39 is 0 Å². The number of nitrogens with two attached hydrogens (primary N) is 1. The van der Waals surface area contributed by atoms with Crippen LogP contribution in [0.15, 0.2) is 151 Å². The van der Waals surface area contributed by atoms with Gasteiger partial charge in [0.05, 0.1) is 22.8 Å². The van der Waals surface area contributed by atoms with Crippen molar-refractivity contribution in [1.29, 1.82) is 0 Å². The second kappa shape index (κ2) is 14.4. The second-order valence-electron chi connectivity index (χ2n) is 12.2.